The van der Waals surface area contributed by atoms with Gasteiger partial charge in [0.15, 0.2) is 0 Å². The smallest absolute Gasteiger partial charge is 0.216 e. The zero-order valence-corrected chi connectivity index (χ0v) is 17.0. The highest BCUT2D eigenvalue weighted by atomic mass is 79.9. The average molecular weight is 625 g/mol. The summed E-state index contributed by atoms with van der Waals surface area (Å²) < 4.78 is 252. The van der Waals surface area contributed by atoms with E-state index in [0.717, 1.165) is 0 Å². The number of alkyl halides is 19. The minimum Gasteiger partial charge on any atom is -0.216 e. The van der Waals surface area contributed by atoms with Gasteiger partial charge in [-0.2, -0.15) is 79.0 Å². The molecule has 0 aliphatic heterocycles. The quantitative estimate of drug-likeness (QED) is 0.267. The predicted molar refractivity (Wildman–Crippen MR) is 78.7 cm³/mol. The van der Waals surface area contributed by atoms with Gasteiger partial charge >= 0.3 is 53.6 Å². The Balaban J connectivity index is 3.85. The van der Waals surface area contributed by atoms with Crippen molar-refractivity contribution >= 4 is 15.9 Å². The van der Waals surface area contributed by atoms with Crippen LogP contribution in [0.2, 0.25) is 0 Å². The number of hydrogen-bond acceptors (Lipinski definition) is 0. The molecule has 0 bridgehead atoms. The van der Waals surface area contributed by atoms with E-state index >= 15 is 0 Å². The normalized spacial score (nSPS) is 16.0. The molecule has 0 amide bonds. The van der Waals surface area contributed by atoms with Gasteiger partial charge in [-0.3, -0.25) is 0 Å². The van der Waals surface area contributed by atoms with Crippen molar-refractivity contribution in [2.24, 2.45) is 0 Å². The predicted octanol–water partition coefficient (Wildman–Crippen LogP) is 8.55. The Hall–Kier alpha value is -1.63. The molecule has 0 radical (unpaired) electrons. The molecule has 1 aromatic carbocycles. The monoisotopic (exact) mass is 624 g/mol. The van der Waals surface area contributed by atoms with Crippen molar-refractivity contribution in [3.63, 3.8) is 0 Å². The molecule has 0 heterocycles. The highest BCUT2D eigenvalue weighted by Crippen LogP contribution is 2.66. The fourth-order valence-electron chi connectivity index (χ4n) is 2.36. The van der Waals surface area contributed by atoms with Gasteiger partial charge in [0.2, 0.25) is 0 Å². The number of benzene rings is 1. The second kappa shape index (κ2) is 8.19. The summed E-state index contributed by atoms with van der Waals surface area (Å²) in [4.78, 5) is 0. The van der Waals surface area contributed by atoms with Crippen molar-refractivity contribution in [1.82, 2.24) is 0 Å². The summed E-state index contributed by atoms with van der Waals surface area (Å²) in [6.07, 6.45) is -16.6. The molecule has 0 aliphatic rings. The van der Waals surface area contributed by atoms with E-state index < -0.39 is 59.1 Å². The summed E-state index contributed by atoms with van der Waals surface area (Å²) >= 11 is 2.53. The Morgan fingerprint density at radius 1 is 0.400 bits per heavy atom. The largest absolute Gasteiger partial charge is 0.438 e. The van der Waals surface area contributed by atoms with Crippen LogP contribution in [0.25, 0.3) is 0 Å². The number of rotatable bonds is 7. The van der Waals surface area contributed by atoms with Crippen molar-refractivity contribution in [3.8, 4) is 0 Å². The molecule has 0 N–H and O–H groups in total. The van der Waals surface area contributed by atoms with Gasteiger partial charge in [0.25, 0.3) is 0 Å². The van der Waals surface area contributed by atoms with E-state index in [0.29, 0.717) is 12.1 Å². The van der Waals surface area contributed by atoms with Gasteiger partial charge in [-0.05, 0) is 12.1 Å². The van der Waals surface area contributed by atoms with Gasteiger partial charge in [-0.15, -0.1) is 0 Å². The zero-order valence-electron chi connectivity index (χ0n) is 15.4. The van der Waals surface area contributed by atoms with Gasteiger partial charge in [-0.25, -0.2) is 4.39 Å². The third-order valence-electron chi connectivity index (χ3n) is 4.39. The van der Waals surface area contributed by atoms with Gasteiger partial charge < -0.3 is 0 Å². The Bertz CT molecular complexity index is 894. The topological polar surface area (TPSA) is 0 Å². The van der Waals surface area contributed by atoms with E-state index in [1.54, 1.807) is 0 Å². The molecule has 0 saturated heterocycles. The first-order valence-electron chi connectivity index (χ1n) is 7.85. The van der Waals surface area contributed by atoms with Gasteiger partial charge in [0.05, 0.1) is 0 Å². The van der Waals surface area contributed by atoms with E-state index in [1.165, 1.54) is 0 Å². The number of hydrogen-bond donors (Lipinski definition) is 0. The molecule has 1 rings (SSSR count). The van der Waals surface area contributed by atoms with Crippen molar-refractivity contribution in [2.75, 3.05) is 0 Å². The lowest BCUT2D eigenvalue weighted by Gasteiger charge is -2.45. The highest BCUT2D eigenvalue weighted by molar-refractivity contribution is 9.10. The van der Waals surface area contributed by atoms with Crippen LogP contribution in [0, 0.1) is 0 Å². The van der Waals surface area contributed by atoms with Gasteiger partial charge in [-0.1, -0.05) is 28.1 Å². The molecule has 35 heavy (non-hydrogen) atoms. The summed E-state index contributed by atoms with van der Waals surface area (Å²) in [5, 5.41) is 0. The van der Waals surface area contributed by atoms with Crippen LogP contribution in [0.15, 0.2) is 28.7 Å². The van der Waals surface area contributed by atoms with Crippen LogP contribution < -0.4 is 0 Å². The standard InChI is InChI=1S/C15H4BrF19/c16-6-3-1-5(2-4-6)7(17,18)9(20,21)11(24,25)13(28,29)12(26,27)10(22,23)8(19,14(30,31)32)15(33,34)35/h1-4H. The Morgan fingerprint density at radius 2 is 0.686 bits per heavy atom. The Morgan fingerprint density at radius 3 is 1.00 bits per heavy atom. The van der Waals surface area contributed by atoms with Crippen LogP contribution in [0.4, 0.5) is 83.4 Å². The van der Waals surface area contributed by atoms with Crippen molar-refractivity contribution in [2.45, 2.75) is 53.6 Å². The van der Waals surface area contributed by atoms with Crippen LogP contribution in [-0.4, -0.2) is 47.6 Å². The molecule has 0 unspecified atom stereocenters. The van der Waals surface area contributed by atoms with E-state index in [2.05, 4.69) is 15.9 Å². The summed E-state index contributed by atoms with van der Waals surface area (Å²) in [5.41, 5.74) is -11.1. The molecule has 204 valence electrons. The van der Waals surface area contributed by atoms with Crippen molar-refractivity contribution < 1.29 is 83.4 Å². The molecule has 0 nitrogen and oxygen atoms in total. The Labute approximate surface area is 188 Å². The molecule has 0 spiro atoms. The fourth-order valence-corrected chi connectivity index (χ4v) is 2.63. The van der Waals surface area contributed by atoms with E-state index in [9.17, 15) is 83.4 Å². The lowest BCUT2D eigenvalue weighted by molar-refractivity contribution is -0.473. The lowest BCUT2D eigenvalue weighted by atomic mass is 9.83. The molecule has 0 aliphatic carbocycles. The number of halogens is 20. The van der Waals surface area contributed by atoms with E-state index in [4.69, 9.17) is 0 Å². The van der Waals surface area contributed by atoms with Crippen LogP contribution in [0.5, 0.6) is 0 Å². The minimum atomic E-state index is -9.01. The first kappa shape index (κ1) is 31.4. The maximum Gasteiger partial charge on any atom is 0.438 e. The highest BCUT2D eigenvalue weighted by Gasteiger charge is 2.98. The van der Waals surface area contributed by atoms with E-state index in [-0.39, 0.29) is 16.6 Å². The molecule has 0 atom stereocenters. The summed E-state index contributed by atoms with van der Waals surface area (Å²) in [7, 11) is 0. The molecule has 0 fully saturated rings. The summed E-state index contributed by atoms with van der Waals surface area (Å²) in [5.74, 6) is -50.0. The van der Waals surface area contributed by atoms with Gasteiger partial charge in [0, 0.05) is 10.0 Å². The average Bonchev–Trinajstić information content (AvgIpc) is 2.64. The first-order chi connectivity index (χ1) is 15.0. The minimum absolute atomic E-state index is 0.196. The fraction of sp³-hybridized carbons (Fsp3) is 0.600. The van der Waals surface area contributed by atoms with Crippen LogP contribution in [0.3, 0.4) is 0 Å². The second-order valence-corrected chi connectivity index (χ2v) is 7.52. The van der Waals surface area contributed by atoms with Crippen molar-refractivity contribution in [3.05, 3.63) is 34.3 Å². The molecule has 0 aromatic heterocycles. The molecule has 0 saturated carbocycles. The third-order valence-corrected chi connectivity index (χ3v) is 4.92. The molecule has 1 aromatic rings. The maximum absolute atomic E-state index is 13.9. The third kappa shape index (κ3) is 4.00. The SMILES string of the molecule is FC(F)(F)C(F)(C(F)(F)F)C(F)(F)C(F)(F)C(F)(F)C(F)(F)C(F)(F)C(F)(F)c1ccc(Br)cc1. The van der Waals surface area contributed by atoms with E-state index in [1.807, 2.05) is 0 Å². The first-order valence-corrected chi connectivity index (χ1v) is 8.64. The summed E-state index contributed by atoms with van der Waals surface area (Å²) in [6.45, 7) is 0. The van der Waals surface area contributed by atoms with Crippen LogP contribution in [-0.2, 0) is 5.92 Å². The van der Waals surface area contributed by atoms with Crippen molar-refractivity contribution in [1.29, 1.82) is 0 Å². The molecule has 20 heteroatoms. The maximum atomic E-state index is 13.9. The lowest BCUT2D eigenvalue weighted by Crippen LogP contribution is -2.77. The van der Waals surface area contributed by atoms with Crippen LogP contribution >= 0.6 is 15.9 Å². The zero-order chi connectivity index (χ0) is 28.5. The Kier molecular flexibility index (Phi) is 7.35. The second-order valence-electron chi connectivity index (χ2n) is 6.61. The van der Waals surface area contributed by atoms with Gasteiger partial charge in [0.1, 0.15) is 0 Å². The van der Waals surface area contributed by atoms with Crippen LogP contribution in [0.1, 0.15) is 5.56 Å². The summed E-state index contributed by atoms with van der Waals surface area (Å²) in [6, 6.07) is 0.364. The molecular weight excluding hydrogens is 621 g/mol. The molecular formula is C15H4BrF19.